The van der Waals surface area contributed by atoms with Crippen molar-refractivity contribution in [3.63, 3.8) is 0 Å². The van der Waals surface area contributed by atoms with Crippen molar-refractivity contribution >= 4 is 0 Å². The topological polar surface area (TPSA) is 48.2 Å². The second-order valence-electron chi connectivity index (χ2n) is 2.58. The first-order valence-corrected chi connectivity index (χ1v) is 3.92. The highest BCUT2D eigenvalue weighted by Gasteiger charge is 2.13. The van der Waals surface area contributed by atoms with Crippen molar-refractivity contribution in [2.24, 2.45) is 0 Å². The molecule has 5 heteroatoms. The minimum atomic E-state index is -0.489. The molecule has 1 aromatic carbocycles. The quantitative estimate of drug-likeness (QED) is 0.732. The highest BCUT2D eigenvalue weighted by molar-refractivity contribution is 5.57. The molecule has 0 saturated carbocycles. The van der Waals surface area contributed by atoms with E-state index in [0.717, 1.165) is 6.39 Å². The van der Waals surface area contributed by atoms with E-state index in [1.54, 1.807) is 12.1 Å². The van der Waals surface area contributed by atoms with Crippen molar-refractivity contribution in [3.8, 4) is 17.1 Å². The molecule has 14 heavy (non-hydrogen) atoms. The number of hydrogen-bond donors (Lipinski definition) is 0. The predicted molar refractivity (Wildman–Crippen MR) is 46.2 cm³/mol. The number of benzene rings is 1. The lowest BCUT2D eigenvalue weighted by atomic mass is 10.2. The van der Waals surface area contributed by atoms with Crippen LogP contribution in [0.4, 0.5) is 4.39 Å². The molecule has 72 valence electrons. The van der Waals surface area contributed by atoms with E-state index in [4.69, 9.17) is 4.74 Å². The Morgan fingerprint density at radius 2 is 2.29 bits per heavy atom. The molecule has 0 spiro atoms. The lowest BCUT2D eigenvalue weighted by molar-refractivity contribution is 0.386. The van der Waals surface area contributed by atoms with Gasteiger partial charge in [0.2, 0.25) is 12.2 Å². The van der Waals surface area contributed by atoms with Crippen molar-refractivity contribution < 1.29 is 13.7 Å². The Kier molecular flexibility index (Phi) is 2.14. The maximum absolute atomic E-state index is 13.6. The van der Waals surface area contributed by atoms with Gasteiger partial charge in [-0.3, -0.25) is 0 Å². The number of rotatable bonds is 2. The number of methoxy groups -OCH3 is 1. The van der Waals surface area contributed by atoms with Gasteiger partial charge >= 0.3 is 0 Å². The van der Waals surface area contributed by atoms with Crippen LogP contribution in [0, 0.1) is 5.82 Å². The monoisotopic (exact) mass is 194 g/mol. The van der Waals surface area contributed by atoms with Crippen LogP contribution in [-0.2, 0) is 0 Å². The maximum Gasteiger partial charge on any atom is 0.214 e. The number of aromatic nitrogens is 2. The van der Waals surface area contributed by atoms with Crippen LogP contribution in [0.3, 0.4) is 0 Å². The SMILES string of the molecule is COc1cccc(-c2ncon2)c1F. The van der Waals surface area contributed by atoms with E-state index in [1.807, 2.05) is 0 Å². The summed E-state index contributed by atoms with van der Waals surface area (Å²) in [5, 5.41) is 3.54. The van der Waals surface area contributed by atoms with Gasteiger partial charge in [-0.05, 0) is 12.1 Å². The van der Waals surface area contributed by atoms with Crippen molar-refractivity contribution in [1.82, 2.24) is 10.1 Å². The van der Waals surface area contributed by atoms with Crippen LogP contribution in [-0.4, -0.2) is 17.3 Å². The van der Waals surface area contributed by atoms with Gasteiger partial charge in [0, 0.05) is 0 Å². The molecule has 1 heterocycles. The zero-order valence-electron chi connectivity index (χ0n) is 7.40. The summed E-state index contributed by atoms with van der Waals surface area (Å²) in [4.78, 5) is 3.75. The fraction of sp³-hybridized carbons (Fsp3) is 0.111. The molecule has 0 aliphatic heterocycles. The van der Waals surface area contributed by atoms with E-state index in [9.17, 15) is 4.39 Å². The third-order valence-electron chi connectivity index (χ3n) is 1.79. The summed E-state index contributed by atoms with van der Waals surface area (Å²) in [5.41, 5.74) is 0.262. The third-order valence-corrected chi connectivity index (χ3v) is 1.79. The minimum Gasteiger partial charge on any atom is -0.494 e. The third kappa shape index (κ3) is 1.32. The standard InChI is InChI=1S/C9H7FN2O2/c1-13-7-4-2-3-6(8(7)10)9-11-5-14-12-9/h2-5H,1H3. The van der Waals surface area contributed by atoms with Gasteiger partial charge in [-0.15, -0.1) is 0 Å². The molecule has 0 saturated heterocycles. The fourth-order valence-electron chi connectivity index (χ4n) is 1.13. The molecule has 0 atom stereocenters. The Balaban J connectivity index is 2.54. The molecule has 0 radical (unpaired) electrons. The summed E-state index contributed by atoms with van der Waals surface area (Å²) in [6.45, 7) is 0. The predicted octanol–water partition coefficient (Wildman–Crippen LogP) is 1.88. The van der Waals surface area contributed by atoms with Crippen LogP contribution < -0.4 is 4.74 Å². The number of halogens is 1. The van der Waals surface area contributed by atoms with E-state index in [-0.39, 0.29) is 17.1 Å². The Morgan fingerprint density at radius 3 is 2.93 bits per heavy atom. The van der Waals surface area contributed by atoms with Crippen molar-refractivity contribution in [1.29, 1.82) is 0 Å². The molecule has 0 amide bonds. The largest absolute Gasteiger partial charge is 0.494 e. The van der Waals surface area contributed by atoms with Gasteiger partial charge in [-0.1, -0.05) is 11.2 Å². The van der Waals surface area contributed by atoms with E-state index in [0.29, 0.717) is 0 Å². The average Bonchev–Trinajstić information content (AvgIpc) is 2.71. The Morgan fingerprint density at radius 1 is 1.43 bits per heavy atom. The lowest BCUT2D eigenvalue weighted by Gasteiger charge is -2.03. The second kappa shape index (κ2) is 3.45. The van der Waals surface area contributed by atoms with E-state index >= 15 is 0 Å². The van der Waals surface area contributed by atoms with Crippen molar-refractivity contribution in [3.05, 3.63) is 30.4 Å². The van der Waals surface area contributed by atoms with Crippen LogP contribution in [0.25, 0.3) is 11.4 Å². The molecule has 0 unspecified atom stereocenters. The Labute approximate surface area is 79.3 Å². The molecule has 0 N–H and O–H groups in total. The Hall–Kier alpha value is -1.91. The highest BCUT2D eigenvalue weighted by atomic mass is 19.1. The minimum absolute atomic E-state index is 0.160. The van der Waals surface area contributed by atoms with Crippen LogP contribution in [0.1, 0.15) is 0 Å². The molecule has 0 bridgehead atoms. The van der Waals surface area contributed by atoms with Gasteiger partial charge in [0.25, 0.3) is 0 Å². The van der Waals surface area contributed by atoms with Crippen LogP contribution >= 0.6 is 0 Å². The summed E-state index contributed by atoms with van der Waals surface area (Å²) in [6, 6.07) is 4.75. The molecule has 1 aromatic heterocycles. The number of ether oxygens (including phenoxy) is 1. The van der Waals surface area contributed by atoms with Crippen molar-refractivity contribution in [2.45, 2.75) is 0 Å². The molecule has 0 fully saturated rings. The molecule has 2 aromatic rings. The van der Waals surface area contributed by atoms with Gasteiger partial charge in [0.15, 0.2) is 11.6 Å². The average molecular weight is 194 g/mol. The van der Waals surface area contributed by atoms with Gasteiger partial charge < -0.3 is 9.26 Å². The normalized spacial score (nSPS) is 10.1. The molecule has 0 aliphatic rings. The Bertz CT molecular complexity index is 428. The van der Waals surface area contributed by atoms with Crippen LogP contribution in [0.2, 0.25) is 0 Å². The zero-order valence-corrected chi connectivity index (χ0v) is 7.40. The molecular weight excluding hydrogens is 187 g/mol. The first-order valence-electron chi connectivity index (χ1n) is 3.92. The van der Waals surface area contributed by atoms with Gasteiger partial charge in [-0.2, -0.15) is 4.98 Å². The highest BCUT2D eigenvalue weighted by Crippen LogP contribution is 2.26. The fourth-order valence-corrected chi connectivity index (χ4v) is 1.13. The van der Waals surface area contributed by atoms with Gasteiger partial charge in [-0.25, -0.2) is 4.39 Å². The summed E-state index contributed by atoms with van der Waals surface area (Å²) >= 11 is 0. The molecule has 4 nitrogen and oxygen atoms in total. The van der Waals surface area contributed by atoms with Crippen molar-refractivity contribution in [2.75, 3.05) is 7.11 Å². The van der Waals surface area contributed by atoms with E-state index < -0.39 is 5.82 Å². The number of nitrogens with zero attached hydrogens (tertiary/aromatic N) is 2. The summed E-state index contributed by atoms with van der Waals surface area (Å²) in [5.74, 6) is -0.120. The zero-order chi connectivity index (χ0) is 9.97. The summed E-state index contributed by atoms with van der Waals surface area (Å²) < 4.78 is 22.9. The molecule has 0 aliphatic carbocycles. The second-order valence-corrected chi connectivity index (χ2v) is 2.58. The maximum atomic E-state index is 13.6. The van der Waals surface area contributed by atoms with E-state index in [1.165, 1.54) is 13.2 Å². The molecule has 2 rings (SSSR count). The van der Waals surface area contributed by atoms with Gasteiger partial charge in [0.05, 0.1) is 12.7 Å². The van der Waals surface area contributed by atoms with E-state index in [2.05, 4.69) is 14.7 Å². The first-order chi connectivity index (χ1) is 6.83. The van der Waals surface area contributed by atoms with Gasteiger partial charge in [0.1, 0.15) is 0 Å². The smallest absolute Gasteiger partial charge is 0.214 e. The first kappa shape index (κ1) is 8.68. The summed E-state index contributed by atoms with van der Waals surface area (Å²) in [7, 11) is 1.40. The number of hydrogen-bond acceptors (Lipinski definition) is 4. The lowest BCUT2D eigenvalue weighted by Crippen LogP contribution is -1.91. The summed E-state index contributed by atoms with van der Waals surface area (Å²) in [6.07, 6.45) is 1.15. The van der Waals surface area contributed by atoms with Crippen LogP contribution in [0.15, 0.2) is 29.1 Å². The van der Waals surface area contributed by atoms with Crippen LogP contribution in [0.5, 0.6) is 5.75 Å². The molecular formula is C9H7FN2O2.